The van der Waals surface area contributed by atoms with Crippen LogP contribution in [-0.4, -0.2) is 57.8 Å². The summed E-state index contributed by atoms with van der Waals surface area (Å²) in [6, 6.07) is 24.6. The van der Waals surface area contributed by atoms with Gasteiger partial charge in [-0.25, -0.2) is 10.1 Å². The van der Waals surface area contributed by atoms with Crippen LogP contribution in [0, 0.1) is 0 Å². The summed E-state index contributed by atoms with van der Waals surface area (Å²) in [7, 11) is -4.97. The maximum atomic E-state index is 12.3. The molecule has 0 saturated heterocycles. The molecule has 1 atom stereocenters. The van der Waals surface area contributed by atoms with Gasteiger partial charge < -0.3 is 15.3 Å². The third-order valence-electron chi connectivity index (χ3n) is 7.30. The third-order valence-corrected chi connectivity index (χ3v) is 8.78. The van der Waals surface area contributed by atoms with Gasteiger partial charge in [-0.15, -0.1) is 14.6 Å². The van der Waals surface area contributed by atoms with E-state index in [1.54, 1.807) is 54.6 Å². The first-order chi connectivity index (χ1) is 25.0. The molecule has 0 amide bonds. The fourth-order valence-electron chi connectivity index (χ4n) is 4.93. The zero-order valence-corrected chi connectivity index (χ0v) is 27.8. The minimum atomic E-state index is -4.97. The van der Waals surface area contributed by atoms with Crippen LogP contribution in [0.3, 0.4) is 0 Å². The number of anilines is 1. The summed E-state index contributed by atoms with van der Waals surface area (Å²) in [5, 5.41) is 74.1. The third kappa shape index (κ3) is 7.91. The van der Waals surface area contributed by atoms with Gasteiger partial charge in [-0.1, -0.05) is 41.4 Å². The Morgan fingerprint density at radius 3 is 2.00 bits per heavy atom. The number of azo groups is 3. The molecule has 5 aromatic carbocycles. The Labute approximate surface area is 297 Å². The van der Waals surface area contributed by atoms with E-state index in [1.165, 1.54) is 35.3 Å². The SMILES string of the molecule is O=C(O)C1=NN(c2ccccc2)CC1N=Nc1ccc(N=Nc2c(SOOO)cc3cc(S(=O)(=O)O)c(N=Nc4ccccc4)c(O)c3c2O)cc1. The highest BCUT2D eigenvalue weighted by molar-refractivity contribution is 7.94. The van der Waals surface area contributed by atoms with Gasteiger partial charge in [-0.2, -0.15) is 34.0 Å². The van der Waals surface area contributed by atoms with Crippen LogP contribution in [0.4, 0.5) is 34.1 Å². The second-order valence-electron chi connectivity index (χ2n) is 10.6. The number of carboxylic acids is 1. The van der Waals surface area contributed by atoms with Gasteiger partial charge in [-0.3, -0.25) is 9.56 Å². The highest BCUT2D eigenvalue weighted by Crippen LogP contribution is 2.51. The number of aromatic hydroxyl groups is 2. The van der Waals surface area contributed by atoms with Gasteiger partial charge in [0.05, 0.1) is 51.6 Å². The van der Waals surface area contributed by atoms with E-state index in [4.69, 9.17) is 5.26 Å². The summed E-state index contributed by atoms with van der Waals surface area (Å²) in [6.45, 7) is 0.173. The van der Waals surface area contributed by atoms with Gasteiger partial charge in [0, 0.05) is 0 Å². The Kier molecular flexibility index (Phi) is 10.6. The van der Waals surface area contributed by atoms with E-state index in [0.29, 0.717) is 29.1 Å². The molecule has 0 saturated carbocycles. The van der Waals surface area contributed by atoms with Crippen molar-refractivity contribution in [2.45, 2.75) is 15.8 Å². The van der Waals surface area contributed by atoms with Crippen LogP contribution in [0.15, 0.2) is 143 Å². The molecule has 5 aromatic rings. The van der Waals surface area contributed by atoms with Crippen molar-refractivity contribution in [3.63, 3.8) is 0 Å². The number of carboxylic acid groups (broad SMARTS) is 1. The Balaban J connectivity index is 1.30. The fraction of sp³-hybridized carbons (Fsp3) is 0.0625. The van der Waals surface area contributed by atoms with E-state index in [2.05, 4.69) is 45.2 Å². The molecule has 0 aliphatic carbocycles. The first-order valence-corrected chi connectivity index (χ1v) is 16.9. The average molecular weight is 745 g/mol. The van der Waals surface area contributed by atoms with E-state index >= 15 is 0 Å². The zero-order chi connectivity index (χ0) is 36.8. The van der Waals surface area contributed by atoms with Gasteiger partial charge in [-0.05, 0) is 66.0 Å². The maximum Gasteiger partial charge on any atom is 0.354 e. The Hall–Kier alpha value is -6.16. The minimum Gasteiger partial charge on any atom is -0.505 e. The molecule has 20 heteroatoms. The quantitative estimate of drug-likeness (QED) is 0.0266. The lowest BCUT2D eigenvalue weighted by molar-refractivity contribution is -0.432. The smallest absolute Gasteiger partial charge is 0.354 e. The van der Waals surface area contributed by atoms with E-state index in [1.807, 2.05) is 6.07 Å². The minimum absolute atomic E-state index is 0.0652. The Morgan fingerprint density at radius 2 is 1.38 bits per heavy atom. The molecule has 0 aromatic heterocycles. The molecule has 0 radical (unpaired) electrons. The molecule has 0 fully saturated rings. The predicted molar refractivity (Wildman–Crippen MR) is 186 cm³/mol. The van der Waals surface area contributed by atoms with Crippen LogP contribution >= 0.6 is 12.0 Å². The number of aliphatic carboxylic acids is 1. The van der Waals surface area contributed by atoms with Crippen LogP contribution in [0.5, 0.6) is 11.5 Å². The van der Waals surface area contributed by atoms with Crippen molar-refractivity contribution in [1.29, 1.82) is 0 Å². The van der Waals surface area contributed by atoms with Crippen LogP contribution in [0.25, 0.3) is 10.8 Å². The van der Waals surface area contributed by atoms with Crippen molar-refractivity contribution in [2.75, 3.05) is 11.6 Å². The molecule has 1 unspecified atom stereocenters. The van der Waals surface area contributed by atoms with Crippen LogP contribution in [0.2, 0.25) is 0 Å². The summed E-state index contributed by atoms with van der Waals surface area (Å²) in [4.78, 5) is 10.9. The molecule has 0 bridgehead atoms. The van der Waals surface area contributed by atoms with Crippen LogP contribution in [-0.2, 0) is 24.3 Å². The van der Waals surface area contributed by atoms with Gasteiger partial charge in [0.2, 0.25) is 0 Å². The molecule has 1 aliphatic heterocycles. The molecule has 264 valence electrons. The number of para-hydroxylation sites is 1. The molecular formula is C32H24N8O10S2. The number of rotatable bonds is 12. The van der Waals surface area contributed by atoms with Crippen molar-refractivity contribution >= 4 is 78.7 Å². The summed E-state index contributed by atoms with van der Waals surface area (Å²) in [5.41, 5.74) is 0.486. The van der Waals surface area contributed by atoms with Crippen molar-refractivity contribution in [2.24, 2.45) is 35.8 Å². The lowest BCUT2D eigenvalue weighted by atomic mass is 10.1. The van der Waals surface area contributed by atoms with Crippen molar-refractivity contribution in [1.82, 2.24) is 0 Å². The lowest BCUT2D eigenvalue weighted by Gasteiger charge is -2.13. The monoisotopic (exact) mass is 744 g/mol. The van der Waals surface area contributed by atoms with Gasteiger partial charge in [0.25, 0.3) is 10.1 Å². The number of phenolic OH excluding ortho intramolecular Hbond substituents is 2. The summed E-state index contributed by atoms with van der Waals surface area (Å²) < 4.78 is 39.0. The Morgan fingerprint density at radius 1 is 0.808 bits per heavy atom. The van der Waals surface area contributed by atoms with Crippen molar-refractivity contribution in [3.8, 4) is 11.5 Å². The highest BCUT2D eigenvalue weighted by atomic mass is 32.2. The van der Waals surface area contributed by atoms with E-state index in [9.17, 15) is 33.1 Å². The zero-order valence-electron chi connectivity index (χ0n) is 26.2. The van der Waals surface area contributed by atoms with Crippen LogP contribution < -0.4 is 5.01 Å². The maximum absolute atomic E-state index is 12.3. The molecule has 1 heterocycles. The molecule has 0 spiro atoms. The number of hydrogen-bond acceptors (Lipinski definition) is 17. The highest BCUT2D eigenvalue weighted by Gasteiger charge is 2.32. The summed E-state index contributed by atoms with van der Waals surface area (Å²) >= 11 is 0.360. The molecule has 52 heavy (non-hydrogen) atoms. The molecule has 1 aliphatic rings. The number of benzene rings is 5. The number of phenols is 2. The summed E-state index contributed by atoms with van der Waals surface area (Å²) in [6.07, 6.45) is 0. The standard InChI is InChI=1S/C32H24N8O10S2/c41-30-26-18(16-25(52(46,47)48)29(31(26)42)38-34-19-7-3-1-4-8-19)15-24(51-50-49-45)28(30)37-35-21-13-11-20(12-14-21)33-36-23-17-40(39-27(23)32(43)44)22-9-5-2-6-10-22/h1-16,23,41-42,45H,17H2,(H,43,44)(H,46,47,48). The number of carbonyl (C=O) groups is 1. The fourth-order valence-corrected chi connectivity index (χ4v) is 6.08. The van der Waals surface area contributed by atoms with E-state index in [-0.39, 0.29) is 39.3 Å². The van der Waals surface area contributed by atoms with E-state index < -0.39 is 44.2 Å². The first kappa shape index (κ1) is 35.7. The number of hydrazone groups is 1. The number of nitrogens with zero attached hydrogens (tertiary/aromatic N) is 8. The number of fused-ring (bicyclic) bond motifs is 1. The van der Waals surface area contributed by atoms with E-state index in [0.717, 1.165) is 6.07 Å². The molecular weight excluding hydrogens is 721 g/mol. The van der Waals surface area contributed by atoms with Gasteiger partial charge in [0.15, 0.2) is 17.2 Å². The predicted octanol–water partition coefficient (Wildman–Crippen LogP) is 8.17. The lowest BCUT2D eigenvalue weighted by Crippen LogP contribution is -2.26. The topological polar surface area (TPSA) is 261 Å². The van der Waals surface area contributed by atoms with Crippen LogP contribution in [0.1, 0.15) is 0 Å². The van der Waals surface area contributed by atoms with Crippen molar-refractivity contribution < 1.29 is 47.7 Å². The second kappa shape index (κ2) is 15.4. The largest absolute Gasteiger partial charge is 0.505 e. The summed E-state index contributed by atoms with van der Waals surface area (Å²) in [5.74, 6) is -2.78. The van der Waals surface area contributed by atoms with Gasteiger partial charge >= 0.3 is 5.97 Å². The number of hydrogen-bond donors (Lipinski definition) is 5. The first-order valence-electron chi connectivity index (χ1n) is 14.7. The molecule has 6 rings (SSSR count). The normalized spacial score (nSPS) is 15.0. The molecule has 18 nitrogen and oxygen atoms in total. The second-order valence-corrected chi connectivity index (χ2v) is 12.8. The average Bonchev–Trinajstić information content (AvgIpc) is 3.58. The van der Waals surface area contributed by atoms with Gasteiger partial charge in [0.1, 0.15) is 22.3 Å². The molecule has 5 N–H and O–H groups in total. The Bertz CT molecular complexity index is 2360. The van der Waals surface area contributed by atoms with Crippen molar-refractivity contribution in [3.05, 3.63) is 97.1 Å².